The molecule has 1 aliphatic rings. The highest BCUT2D eigenvalue weighted by atomic mass is 16.5. The lowest BCUT2D eigenvalue weighted by Crippen LogP contribution is -2.28. The number of carbonyl (C=O) groups excluding carboxylic acids is 2. The summed E-state index contributed by atoms with van der Waals surface area (Å²) in [4.78, 5) is 25.4. The van der Waals surface area contributed by atoms with Gasteiger partial charge in [-0.3, -0.25) is 0 Å². The quantitative estimate of drug-likeness (QED) is 0.144. The first-order valence-electron chi connectivity index (χ1n) is 13.3. The van der Waals surface area contributed by atoms with Gasteiger partial charge in [0.1, 0.15) is 23.4 Å². The van der Waals surface area contributed by atoms with Crippen molar-refractivity contribution in [3.05, 3.63) is 102 Å². The Morgan fingerprint density at radius 2 is 1.33 bits per heavy atom. The van der Waals surface area contributed by atoms with Gasteiger partial charge in [0.05, 0.1) is 0 Å². The smallest absolute Gasteiger partial charge is 0.338 e. The number of benzene rings is 4. The molecule has 4 aromatic rings. The molecule has 0 aromatic heterocycles. The van der Waals surface area contributed by atoms with Gasteiger partial charge in [-0.05, 0) is 44.1 Å². The van der Waals surface area contributed by atoms with Crippen LogP contribution in [-0.4, -0.2) is 18.0 Å². The van der Waals surface area contributed by atoms with Gasteiger partial charge in [0.25, 0.3) is 0 Å². The van der Waals surface area contributed by atoms with E-state index in [1.807, 2.05) is 36.4 Å². The van der Waals surface area contributed by atoms with Gasteiger partial charge in [-0.2, -0.15) is 0 Å². The average Bonchev–Trinajstić information content (AvgIpc) is 2.94. The number of hydrogen-bond acceptors (Lipinski definition) is 5. The number of esters is 2. The van der Waals surface area contributed by atoms with Crippen molar-refractivity contribution < 1.29 is 23.8 Å². The van der Waals surface area contributed by atoms with Crippen LogP contribution in [0, 0.1) is 0 Å². The Morgan fingerprint density at radius 1 is 0.769 bits per heavy atom. The predicted octanol–water partition coefficient (Wildman–Crippen LogP) is 7.45. The number of aryl methyl sites for hydroxylation is 1. The monoisotopic (exact) mass is 520 g/mol. The lowest BCUT2D eigenvalue weighted by Gasteiger charge is -2.30. The van der Waals surface area contributed by atoms with E-state index in [0.717, 1.165) is 39.6 Å². The number of fused-ring (bicyclic) bond motifs is 3. The van der Waals surface area contributed by atoms with Crippen molar-refractivity contribution in [3.63, 3.8) is 0 Å². The van der Waals surface area contributed by atoms with Gasteiger partial charge < -0.3 is 14.2 Å². The van der Waals surface area contributed by atoms with Gasteiger partial charge in [0, 0.05) is 44.9 Å². The Balaban J connectivity index is 1.64. The molecule has 1 atom stereocenters. The third-order valence-electron chi connectivity index (χ3n) is 7.19. The van der Waals surface area contributed by atoms with E-state index in [0.29, 0.717) is 52.7 Å². The number of ether oxygens (including phenoxy) is 3. The summed E-state index contributed by atoms with van der Waals surface area (Å²) in [6, 6.07) is 20.0. The molecule has 1 aliphatic carbocycles. The topological polar surface area (TPSA) is 61.8 Å². The highest BCUT2D eigenvalue weighted by Gasteiger charge is 2.31. The summed E-state index contributed by atoms with van der Waals surface area (Å²) >= 11 is 0. The van der Waals surface area contributed by atoms with Crippen LogP contribution in [0.25, 0.3) is 21.5 Å². The molecule has 0 aliphatic heterocycles. The summed E-state index contributed by atoms with van der Waals surface area (Å²) in [6.07, 6.45) is 2.47. The van der Waals surface area contributed by atoms with Crippen molar-refractivity contribution in [3.8, 4) is 17.2 Å². The summed E-state index contributed by atoms with van der Waals surface area (Å²) in [5, 5.41) is 3.59. The minimum absolute atomic E-state index is 0.165. The van der Waals surface area contributed by atoms with Gasteiger partial charge in [-0.25, -0.2) is 9.59 Å². The third kappa shape index (κ3) is 5.05. The zero-order valence-electron chi connectivity index (χ0n) is 22.6. The molecule has 39 heavy (non-hydrogen) atoms. The van der Waals surface area contributed by atoms with Crippen molar-refractivity contribution in [1.29, 1.82) is 0 Å². The molecule has 5 rings (SSSR count). The third-order valence-corrected chi connectivity index (χ3v) is 7.19. The largest absolute Gasteiger partial charge is 0.489 e. The van der Waals surface area contributed by atoms with Gasteiger partial charge in [-0.1, -0.05) is 80.7 Å². The van der Waals surface area contributed by atoms with Crippen LogP contribution in [0.15, 0.2) is 85.0 Å². The minimum atomic E-state index is -0.501. The second kappa shape index (κ2) is 10.8. The molecule has 0 fully saturated rings. The molecule has 1 unspecified atom stereocenters. The molecular weight excluding hydrogens is 488 g/mol. The van der Waals surface area contributed by atoms with Crippen molar-refractivity contribution in [1.82, 2.24) is 0 Å². The van der Waals surface area contributed by atoms with Crippen LogP contribution < -0.4 is 14.2 Å². The second-order valence-corrected chi connectivity index (χ2v) is 10.1. The van der Waals surface area contributed by atoms with Crippen molar-refractivity contribution >= 4 is 33.5 Å². The molecular formula is C34H32O5. The van der Waals surface area contributed by atoms with Gasteiger partial charge in [0.2, 0.25) is 0 Å². The zero-order chi connectivity index (χ0) is 27.7. The van der Waals surface area contributed by atoms with E-state index >= 15 is 0 Å². The molecule has 0 amide bonds. The molecule has 5 heteroatoms. The first-order valence-corrected chi connectivity index (χ1v) is 13.3. The molecule has 0 saturated heterocycles. The van der Waals surface area contributed by atoms with Crippen LogP contribution >= 0.6 is 0 Å². The van der Waals surface area contributed by atoms with Crippen LogP contribution in [0.1, 0.15) is 43.9 Å². The van der Waals surface area contributed by atoms with Gasteiger partial charge >= 0.3 is 11.9 Å². The lowest BCUT2D eigenvalue weighted by atomic mass is 9.85. The fraction of sp³-hybridized carbons (Fsp3) is 0.235. The molecule has 0 saturated carbocycles. The maximum absolute atomic E-state index is 12.7. The summed E-state index contributed by atoms with van der Waals surface area (Å²) < 4.78 is 18.6. The van der Waals surface area contributed by atoms with Crippen LogP contribution in [0.5, 0.6) is 17.2 Å². The van der Waals surface area contributed by atoms with E-state index in [9.17, 15) is 9.59 Å². The van der Waals surface area contributed by atoms with Crippen molar-refractivity contribution in [2.45, 2.75) is 52.6 Å². The standard InChI is InChI=1S/C34H32O5/c1-6-22-15-16-23-11-7-8-12-25(23)30(22)37-24-17-18-28-29(19-24)32(39-34(36)21(4)5)27-14-10-9-13-26(27)31(28)38-33(35)20(2)3/h7-16,24H,2,4,6,17-19H2,1,3,5H3. The second-order valence-electron chi connectivity index (χ2n) is 10.1. The lowest BCUT2D eigenvalue weighted by molar-refractivity contribution is -0.131. The van der Waals surface area contributed by atoms with E-state index in [1.165, 1.54) is 0 Å². The summed E-state index contributed by atoms with van der Waals surface area (Å²) in [7, 11) is 0. The summed E-state index contributed by atoms with van der Waals surface area (Å²) in [5.41, 5.74) is 3.41. The Hall–Kier alpha value is -4.38. The molecule has 0 bridgehead atoms. The highest BCUT2D eigenvalue weighted by molar-refractivity contribution is 6.01. The molecule has 5 nitrogen and oxygen atoms in total. The maximum atomic E-state index is 12.7. The van der Waals surface area contributed by atoms with Crippen molar-refractivity contribution in [2.24, 2.45) is 0 Å². The minimum Gasteiger partial charge on any atom is -0.489 e. The van der Waals surface area contributed by atoms with E-state index in [-0.39, 0.29) is 6.10 Å². The van der Waals surface area contributed by atoms with E-state index in [4.69, 9.17) is 14.2 Å². The average molecular weight is 521 g/mol. The van der Waals surface area contributed by atoms with Gasteiger partial charge in [0.15, 0.2) is 0 Å². The molecule has 0 N–H and O–H groups in total. The number of hydrogen-bond donors (Lipinski definition) is 0. The van der Waals surface area contributed by atoms with Crippen LogP contribution in [-0.2, 0) is 28.9 Å². The molecule has 0 spiro atoms. The molecule has 0 heterocycles. The Bertz CT molecular complexity index is 1650. The number of carbonyl (C=O) groups is 2. The SMILES string of the molecule is C=C(C)C(=O)Oc1c2c(c(OC(=O)C(=C)C)c3ccccc13)CC(Oc1c(CC)ccc3ccccc13)CC2. The van der Waals surface area contributed by atoms with E-state index < -0.39 is 11.9 Å². The number of rotatable bonds is 7. The molecule has 4 aromatic carbocycles. The Kier molecular flexibility index (Phi) is 7.25. The van der Waals surface area contributed by atoms with E-state index in [2.05, 4.69) is 44.3 Å². The zero-order valence-corrected chi connectivity index (χ0v) is 22.6. The van der Waals surface area contributed by atoms with Crippen LogP contribution in [0.3, 0.4) is 0 Å². The van der Waals surface area contributed by atoms with E-state index in [1.54, 1.807) is 13.8 Å². The molecule has 198 valence electrons. The van der Waals surface area contributed by atoms with Crippen molar-refractivity contribution in [2.75, 3.05) is 0 Å². The molecule has 0 radical (unpaired) electrons. The summed E-state index contributed by atoms with van der Waals surface area (Å²) in [6.45, 7) is 12.9. The van der Waals surface area contributed by atoms with Gasteiger partial charge in [-0.15, -0.1) is 0 Å². The Labute approximate surface area is 228 Å². The first-order chi connectivity index (χ1) is 18.8. The fourth-order valence-electron chi connectivity index (χ4n) is 5.16. The van der Waals surface area contributed by atoms with Crippen LogP contribution in [0.4, 0.5) is 0 Å². The first kappa shape index (κ1) is 26.2. The highest BCUT2D eigenvalue weighted by Crippen LogP contribution is 2.45. The Morgan fingerprint density at radius 3 is 1.92 bits per heavy atom. The summed E-state index contributed by atoms with van der Waals surface area (Å²) in [5.74, 6) is 0.849. The predicted molar refractivity (Wildman–Crippen MR) is 155 cm³/mol. The fourth-order valence-corrected chi connectivity index (χ4v) is 5.16. The normalized spacial score (nSPS) is 14.5. The maximum Gasteiger partial charge on any atom is 0.338 e. The van der Waals surface area contributed by atoms with Crippen LogP contribution in [0.2, 0.25) is 0 Å².